The van der Waals surface area contributed by atoms with Crippen molar-refractivity contribution < 1.29 is 5.11 Å². The molecule has 0 spiro atoms. The Labute approximate surface area is 114 Å². The zero-order chi connectivity index (χ0) is 13.2. The quantitative estimate of drug-likeness (QED) is 0.624. The first-order chi connectivity index (χ1) is 9.24. The van der Waals surface area contributed by atoms with Crippen molar-refractivity contribution in [2.24, 2.45) is 0 Å². The number of phenolic OH excluding ortho intramolecular Hbond substituents is 1. The number of aromatic nitrogens is 3. The molecule has 0 amide bonds. The van der Waals surface area contributed by atoms with E-state index in [2.05, 4.69) is 20.5 Å². The van der Waals surface area contributed by atoms with Crippen molar-refractivity contribution in [2.45, 2.75) is 0 Å². The fraction of sp³-hybridized carbons (Fsp3) is 0. The number of rotatable bonds is 2. The van der Waals surface area contributed by atoms with E-state index >= 15 is 0 Å². The maximum Gasteiger partial charge on any atom is 0.215 e. The summed E-state index contributed by atoms with van der Waals surface area (Å²) in [5.74, 6) is 0.803. The molecule has 0 aliphatic rings. The lowest BCUT2D eigenvalue weighted by Crippen LogP contribution is -1.97. The number of H-pyrrole nitrogens is 1. The van der Waals surface area contributed by atoms with Crippen LogP contribution in [0.15, 0.2) is 42.6 Å². The van der Waals surface area contributed by atoms with Crippen molar-refractivity contribution >= 4 is 34.5 Å². The van der Waals surface area contributed by atoms with E-state index in [9.17, 15) is 5.11 Å². The Balaban J connectivity index is 2.11. The number of aromatic hydroxyl groups is 1. The molecular formula is C13H10N4OS. The summed E-state index contributed by atoms with van der Waals surface area (Å²) in [6, 6.07) is 11.0. The molecule has 3 aromatic rings. The van der Waals surface area contributed by atoms with Gasteiger partial charge in [-0.05, 0) is 24.4 Å². The van der Waals surface area contributed by atoms with Crippen molar-refractivity contribution in [3.63, 3.8) is 0 Å². The molecule has 19 heavy (non-hydrogen) atoms. The van der Waals surface area contributed by atoms with E-state index in [1.807, 2.05) is 24.3 Å². The predicted molar refractivity (Wildman–Crippen MR) is 76.1 cm³/mol. The average Bonchev–Trinajstić information content (AvgIpc) is 2.40. The largest absolute Gasteiger partial charge is 0.507 e. The minimum absolute atomic E-state index is 0.248. The van der Waals surface area contributed by atoms with Gasteiger partial charge in [-0.25, -0.2) is 0 Å². The van der Waals surface area contributed by atoms with Crippen LogP contribution in [-0.2, 0) is 0 Å². The average molecular weight is 270 g/mol. The molecule has 3 rings (SSSR count). The highest BCUT2D eigenvalue weighted by molar-refractivity contribution is 7.71. The SMILES string of the molecule is Oc1cccc2c(Nc3cn[nH]c(=S)n3)cccc12. The van der Waals surface area contributed by atoms with Crippen molar-refractivity contribution in [1.29, 1.82) is 0 Å². The van der Waals surface area contributed by atoms with E-state index in [4.69, 9.17) is 12.2 Å². The van der Waals surface area contributed by atoms with Crippen LogP contribution in [0, 0.1) is 4.77 Å². The van der Waals surface area contributed by atoms with Crippen LogP contribution in [0.25, 0.3) is 10.8 Å². The molecular weight excluding hydrogens is 260 g/mol. The van der Waals surface area contributed by atoms with E-state index in [1.165, 1.54) is 0 Å². The number of hydrogen-bond donors (Lipinski definition) is 3. The van der Waals surface area contributed by atoms with Crippen molar-refractivity contribution in [3.05, 3.63) is 47.4 Å². The normalized spacial score (nSPS) is 10.5. The Hall–Kier alpha value is -2.47. The molecule has 0 fully saturated rings. The van der Waals surface area contributed by atoms with Gasteiger partial charge in [0.2, 0.25) is 4.77 Å². The Bertz CT molecular complexity index is 800. The van der Waals surface area contributed by atoms with Gasteiger partial charge in [-0.1, -0.05) is 24.3 Å². The lowest BCUT2D eigenvalue weighted by Gasteiger charge is -2.09. The first-order valence-electron chi connectivity index (χ1n) is 5.63. The number of phenols is 1. The number of nitrogens with one attached hydrogen (secondary N) is 2. The van der Waals surface area contributed by atoms with E-state index in [1.54, 1.807) is 18.3 Å². The Kier molecular flexibility index (Phi) is 2.85. The van der Waals surface area contributed by atoms with Crippen molar-refractivity contribution in [3.8, 4) is 5.75 Å². The Morgan fingerprint density at radius 1 is 1.11 bits per heavy atom. The van der Waals surface area contributed by atoms with Crippen LogP contribution in [0.2, 0.25) is 0 Å². The summed E-state index contributed by atoms with van der Waals surface area (Å²) in [6.07, 6.45) is 1.55. The Morgan fingerprint density at radius 3 is 2.74 bits per heavy atom. The number of anilines is 2. The fourth-order valence-corrected chi connectivity index (χ4v) is 2.06. The predicted octanol–water partition coefficient (Wildman–Crippen LogP) is 3.14. The minimum atomic E-state index is 0.248. The summed E-state index contributed by atoms with van der Waals surface area (Å²) in [7, 11) is 0. The highest BCUT2D eigenvalue weighted by Gasteiger charge is 2.04. The van der Waals surface area contributed by atoms with Gasteiger partial charge in [-0.15, -0.1) is 0 Å². The first-order valence-corrected chi connectivity index (χ1v) is 6.04. The molecule has 3 N–H and O–H groups in total. The standard InChI is InChI=1S/C13H10N4OS/c18-11-6-2-3-8-9(11)4-1-5-10(8)15-12-7-14-17-13(19)16-12/h1-7,18H,(H2,15,16,17,19). The second-order valence-corrected chi connectivity index (χ2v) is 4.36. The van der Waals surface area contributed by atoms with Gasteiger partial charge in [0.15, 0.2) is 5.82 Å². The smallest absolute Gasteiger partial charge is 0.215 e. The number of fused-ring (bicyclic) bond motifs is 1. The Morgan fingerprint density at radius 2 is 1.89 bits per heavy atom. The zero-order valence-corrected chi connectivity index (χ0v) is 10.6. The van der Waals surface area contributed by atoms with Gasteiger partial charge in [0.25, 0.3) is 0 Å². The highest BCUT2D eigenvalue weighted by atomic mass is 32.1. The summed E-state index contributed by atoms with van der Waals surface area (Å²) in [5, 5.41) is 21.1. The van der Waals surface area contributed by atoms with E-state index in [-0.39, 0.29) is 5.75 Å². The van der Waals surface area contributed by atoms with Gasteiger partial charge in [-0.2, -0.15) is 10.1 Å². The molecule has 2 aromatic carbocycles. The molecule has 0 saturated heterocycles. The van der Waals surface area contributed by atoms with Gasteiger partial charge in [0.05, 0.1) is 6.20 Å². The van der Waals surface area contributed by atoms with E-state index < -0.39 is 0 Å². The summed E-state index contributed by atoms with van der Waals surface area (Å²) < 4.78 is 0.313. The minimum Gasteiger partial charge on any atom is -0.507 e. The third-order valence-electron chi connectivity index (χ3n) is 2.73. The molecule has 0 unspecified atom stereocenters. The number of nitrogens with zero attached hydrogens (tertiary/aromatic N) is 2. The topological polar surface area (TPSA) is 73.8 Å². The van der Waals surface area contributed by atoms with Gasteiger partial charge in [0.1, 0.15) is 5.75 Å². The second-order valence-electron chi connectivity index (χ2n) is 3.98. The van der Waals surface area contributed by atoms with Crippen LogP contribution in [0.4, 0.5) is 11.5 Å². The molecule has 0 aliphatic heterocycles. The van der Waals surface area contributed by atoms with Crippen molar-refractivity contribution in [1.82, 2.24) is 15.2 Å². The van der Waals surface area contributed by atoms with Crippen molar-refractivity contribution in [2.75, 3.05) is 5.32 Å². The summed E-state index contributed by atoms with van der Waals surface area (Å²) in [5.41, 5.74) is 0.836. The number of aromatic amines is 1. The second kappa shape index (κ2) is 4.66. The van der Waals surface area contributed by atoms with Crippen LogP contribution < -0.4 is 5.32 Å². The first kappa shape index (κ1) is 11.6. The lowest BCUT2D eigenvalue weighted by atomic mass is 10.1. The van der Waals surface area contributed by atoms with Crippen LogP contribution in [0.3, 0.4) is 0 Å². The maximum atomic E-state index is 9.83. The highest BCUT2D eigenvalue weighted by Crippen LogP contribution is 2.30. The molecule has 0 radical (unpaired) electrons. The van der Waals surface area contributed by atoms with Crippen LogP contribution in [-0.4, -0.2) is 20.3 Å². The van der Waals surface area contributed by atoms with Crippen LogP contribution >= 0.6 is 12.2 Å². The molecule has 0 atom stereocenters. The zero-order valence-electron chi connectivity index (χ0n) is 9.79. The van der Waals surface area contributed by atoms with Crippen LogP contribution in [0.5, 0.6) is 5.75 Å². The summed E-state index contributed by atoms with van der Waals surface area (Å²) >= 11 is 4.92. The molecule has 0 bridgehead atoms. The van der Waals surface area contributed by atoms with E-state index in [0.29, 0.717) is 10.6 Å². The van der Waals surface area contributed by atoms with Crippen LogP contribution in [0.1, 0.15) is 0 Å². The molecule has 6 heteroatoms. The monoisotopic (exact) mass is 270 g/mol. The molecule has 1 heterocycles. The summed E-state index contributed by atoms with van der Waals surface area (Å²) in [6.45, 7) is 0. The van der Waals surface area contributed by atoms with Gasteiger partial charge in [0, 0.05) is 16.5 Å². The van der Waals surface area contributed by atoms with E-state index in [0.717, 1.165) is 16.5 Å². The third kappa shape index (κ3) is 2.25. The number of benzene rings is 2. The molecule has 0 saturated carbocycles. The number of hydrogen-bond acceptors (Lipinski definition) is 5. The van der Waals surface area contributed by atoms with Gasteiger partial charge in [-0.3, -0.25) is 5.10 Å². The molecule has 1 aromatic heterocycles. The van der Waals surface area contributed by atoms with Gasteiger partial charge >= 0.3 is 0 Å². The summed E-state index contributed by atoms with van der Waals surface area (Å²) in [4.78, 5) is 4.12. The maximum absolute atomic E-state index is 9.83. The molecule has 94 valence electrons. The third-order valence-corrected chi connectivity index (χ3v) is 2.91. The molecule has 5 nitrogen and oxygen atoms in total. The van der Waals surface area contributed by atoms with Gasteiger partial charge < -0.3 is 10.4 Å². The fourth-order valence-electron chi connectivity index (χ4n) is 1.91. The molecule has 0 aliphatic carbocycles. The lowest BCUT2D eigenvalue weighted by molar-refractivity contribution is 0.481.